The van der Waals surface area contributed by atoms with Gasteiger partial charge in [0, 0.05) is 12.0 Å². The first kappa shape index (κ1) is 19.5. The van der Waals surface area contributed by atoms with E-state index >= 15 is 0 Å². The number of ether oxygens (including phenoxy) is 3. The Kier molecular flexibility index (Phi) is 5.37. The summed E-state index contributed by atoms with van der Waals surface area (Å²) in [4.78, 5) is 24.6. The third kappa shape index (κ3) is 3.63. The summed E-state index contributed by atoms with van der Waals surface area (Å²) in [6, 6.07) is 0. The van der Waals surface area contributed by atoms with Crippen LogP contribution in [0.5, 0.6) is 0 Å². The van der Waals surface area contributed by atoms with E-state index in [1.165, 1.54) is 6.08 Å². The molecular formula is C20H24O7. The Balaban J connectivity index is 1.98. The van der Waals surface area contributed by atoms with Crippen molar-refractivity contribution in [1.82, 2.24) is 0 Å². The van der Waals surface area contributed by atoms with Crippen LogP contribution in [0.4, 0.5) is 0 Å². The highest BCUT2D eigenvalue weighted by Gasteiger charge is 2.58. The molecule has 5 atom stereocenters. The van der Waals surface area contributed by atoms with Gasteiger partial charge in [0.25, 0.3) is 0 Å². The summed E-state index contributed by atoms with van der Waals surface area (Å²) in [7, 11) is 0. The largest absolute Gasteiger partial charge is 0.458 e. The van der Waals surface area contributed by atoms with Crippen molar-refractivity contribution in [2.75, 3.05) is 13.2 Å². The Morgan fingerprint density at radius 3 is 2.85 bits per heavy atom. The van der Waals surface area contributed by atoms with Crippen molar-refractivity contribution in [3.05, 3.63) is 47.6 Å². The van der Waals surface area contributed by atoms with Crippen molar-refractivity contribution >= 4 is 11.9 Å². The number of hydrogen-bond donors (Lipinski definition) is 2. The summed E-state index contributed by atoms with van der Waals surface area (Å²) < 4.78 is 16.8. The summed E-state index contributed by atoms with van der Waals surface area (Å²) in [6.45, 7) is 6.58. The highest BCUT2D eigenvalue weighted by atomic mass is 16.6. The smallest absolute Gasteiger partial charge is 0.336 e. The average molecular weight is 376 g/mol. The van der Waals surface area contributed by atoms with Gasteiger partial charge in [-0.25, -0.2) is 9.59 Å². The lowest BCUT2D eigenvalue weighted by molar-refractivity contribution is -0.149. The number of allylic oxidation sites excluding steroid dienone is 3. The molecule has 2 aliphatic heterocycles. The fourth-order valence-electron chi connectivity index (χ4n) is 3.59. The van der Waals surface area contributed by atoms with Crippen molar-refractivity contribution in [3.8, 4) is 0 Å². The third-order valence-electron chi connectivity index (χ3n) is 5.30. The van der Waals surface area contributed by atoms with Gasteiger partial charge >= 0.3 is 11.9 Å². The molecule has 7 nitrogen and oxygen atoms in total. The van der Waals surface area contributed by atoms with Gasteiger partial charge in [-0.05, 0) is 19.9 Å². The molecule has 5 unspecified atom stereocenters. The molecule has 3 aliphatic rings. The number of aliphatic hydroxyl groups excluding tert-OH is 2. The van der Waals surface area contributed by atoms with Crippen molar-refractivity contribution in [3.63, 3.8) is 0 Å². The van der Waals surface area contributed by atoms with E-state index in [1.54, 1.807) is 13.0 Å². The van der Waals surface area contributed by atoms with Gasteiger partial charge in [0.05, 0.1) is 24.7 Å². The molecule has 0 aromatic carbocycles. The Labute approximate surface area is 157 Å². The topological polar surface area (TPSA) is 106 Å². The number of fused-ring (bicyclic) bond motifs is 2. The molecule has 27 heavy (non-hydrogen) atoms. The monoisotopic (exact) mass is 376 g/mol. The molecule has 2 fully saturated rings. The maximum atomic E-state index is 12.4. The van der Waals surface area contributed by atoms with Crippen LogP contribution in [0.15, 0.2) is 47.6 Å². The fraction of sp³-hybridized carbons (Fsp3) is 0.500. The summed E-state index contributed by atoms with van der Waals surface area (Å²) in [6.07, 6.45) is 5.36. The molecule has 0 saturated carbocycles. The predicted molar refractivity (Wildman–Crippen MR) is 95.4 cm³/mol. The normalized spacial score (nSPS) is 35.7. The van der Waals surface area contributed by atoms with E-state index in [0.717, 1.165) is 5.57 Å². The van der Waals surface area contributed by atoms with Gasteiger partial charge in [-0.2, -0.15) is 0 Å². The maximum Gasteiger partial charge on any atom is 0.336 e. The van der Waals surface area contributed by atoms with Crippen LogP contribution in [0, 0.1) is 5.92 Å². The zero-order valence-electron chi connectivity index (χ0n) is 15.4. The third-order valence-corrected chi connectivity index (χ3v) is 5.30. The van der Waals surface area contributed by atoms with E-state index in [-0.39, 0.29) is 30.3 Å². The molecule has 0 amide bonds. The minimum atomic E-state index is -0.884. The first-order valence-electron chi connectivity index (χ1n) is 8.87. The standard InChI is InChI=1S/C20H24O7/c1-4-13(9-21)19(24)26-15-8-20(10-22)16(27-20)6-5-11(2)7-14-17(15)12(3)18(23)25-14/h4-7,14-17,21-22H,3,8-10H2,1-2H3. The fourth-order valence-corrected chi connectivity index (χ4v) is 3.59. The highest BCUT2D eigenvalue weighted by Crippen LogP contribution is 2.46. The Hall–Kier alpha value is -2.22. The molecule has 7 heteroatoms. The molecular weight excluding hydrogens is 352 g/mol. The van der Waals surface area contributed by atoms with Crippen LogP contribution in [0.1, 0.15) is 20.3 Å². The lowest BCUT2D eigenvalue weighted by Gasteiger charge is -2.28. The van der Waals surface area contributed by atoms with Crippen molar-refractivity contribution in [2.24, 2.45) is 5.92 Å². The highest BCUT2D eigenvalue weighted by molar-refractivity contribution is 5.92. The van der Waals surface area contributed by atoms with E-state index in [4.69, 9.17) is 14.2 Å². The Morgan fingerprint density at radius 2 is 2.22 bits per heavy atom. The van der Waals surface area contributed by atoms with Gasteiger partial charge in [-0.15, -0.1) is 0 Å². The van der Waals surface area contributed by atoms with Gasteiger partial charge in [-0.3, -0.25) is 0 Å². The first-order valence-corrected chi connectivity index (χ1v) is 8.87. The Morgan fingerprint density at radius 1 is 1.48 bits per heavy atom. The van der Waals surface area contributed by atoms with Crippen LogP contribution in [0.2, 0.25) is 0 Å². The molecule has 2 heterocycles. The van der Waals surface area contributed by atoms with E-state index in [0.29, 0.717) is 0 Å². The Bertz CT molecular complexity index is 747. The minimum Gasteiger partial charge on any atom is -0.458 e. The van der Waals surface area contributed by atoms with Gasteiger partial charge < -0.3 is 24.4 Å². The molecule has 2 N–H and O–H groups in total. The second-order valence-electron chi connectivity index (χ2n) is 7.07. The van der Waals surface area contributed by atoms with E-state index in [2.05, 4.69) is 6.58 Å². The molecule has 0 spiro atoms. The van der Waals surface area contributed by atoms with Gasteiger partial charge in [0.1, 0.15) is 23.9 Å². The second kappa shape index (κ2) is 7.42. The van der Waals surface area contributed by atoms with Crippen LogP contribution >= 0.6 is 0 Å². The lowest BCUT2D eigenvalue weighted by Crippen LogP contribution is -2.39. The number of esters is 2. The summed E-state index contributed by atoms with van der Waals surface area (Å²) in [5.74, 6) is -1.83. The van der Waals surface area contributed by atoms with Crippen LogP contribution in [0.25, 0.3) is 0 Å². The number of rotatable bonds is 4. The number of aliphatic hydroxyl groups is 2. The number of carbonyl (C=O) groups excluding carboxylic acids is 2. The molecule has 0 bridgehead atoms. The molecule has 2 saturated heterocycles. The molecule has 3 rings (SSSR count). The molecule has 0 radical (unpaired) electrons. The molecule has 1 aliphatic carbocycles. The zero-order chi connectivity index (χ0) is 19.8. The predicted octanol–water partition coefficient (Wildman–Crippen LogP) is 0.971. The second-order valence-corrected chi connectivity index (χ2v) is 7.07. The van der Waals surface area contributed by atoms with Crippen molar-refractivity contribution < 1.29 is 34.0 Å². The molecule has 146 valence electrons. The van der Waals surface area contributed by atoms with Gasteiger partial charge in [0.15, 0.2) is 0 Å². The van der Waals surface area contributed by atoms with E-state index < -0.39 is 42.3 Å². The van der Waals surface area contributed by atoms with Gasteiger partial charge in [-0.1, -0.05) is 30.4 Å². The minimum absolute atomic E-state index is 0.109. The molecule has 0 aromatic heterocycles. The SMILES string of the molecule is C=C1C(=O)OC2C=C(C)C=CC3OC3(CO)CC(OC(=O)C(=CC)CO)C12. The first-order chi connectivity index (χ1) is 12.8. The lowest BCUT2D eigenvalue weighted by atomic mass is 9.83. The van der Waals surface area contributed by atoms with Gasteiger partial charge in [0.2, 0.25) is 0 Å². The quantitative estimate of drug-likeness (QED) is 0.428. The van der Waals surface area contributed by atoms with E-state index in [9.17, 15) is 19.8 Å². The number of epoxide rings is 1. The average Bonchev–Trinajstić information content (AvgIpc) is 3.25. The van der Waals surface area contributed by atoms with Crippen molar-refractivity contribution in [2.45, 2.75) is 44.2 Å². The maximum absolute atomic E-state index is 12.4. The van der Waals surface area contributed by atoms with Crippen LogP contribution in [-0.4, -0.2) is 59.3 Å². The summed E-state index contributed by atoms with van der Waals surface area (Å²) in [5, 5.41) is 19.2. The van der Waals surface area contributed by atoms with Crippen LogP contribution < -0.4 is 0 Å². The number of carbonyl (C=O) groups is 2. The van der Waals surface area contributed by atoms with E-state index in [1.807, 2.05) is 19.1 Å². The zero-order valence-corrected chi connectivity index (χ0v) is 15.4. The summed E-state index contributed by atoms with van der Waals surface area (Å²) >= 11 is 0. The summed E-state index contributed by atoms with van der Waals surface area (Å²) in [5.41, 5.74) is 0.289. The number of hydrogen-bond acceptors (Lipinski definition) is 7. The van der Waals surface area contributed by atoms with Crippen LogP contribution in [0.3, 0.4) is 0 Å². The van der Waals surface area contributed by atoms with Crippen LogP contribution in [-0.2, 0) is 23.8 Å². The van der Waals surface area contributed by atoms with Crippen molar-refractivity contribution in [1.29, 1.82) is 0 Å². The molecule has 0 aromatic rings.